The van der Waals surface area contributed by atoms with Crippen molar-refractivity contribution in [2.24, 2.45) is 0 Å². The van der Waals surface area contributed by atoms with Crippen LogP contribution in [0.25, 0.3) is 0 Å². The Kier molecular flexibility index (Phi) is 2.85. The SMILES string of the molecule is CN(C)CC1CNCc2ccccc21. The van der Waals surface area contributed by atoms with Gasteiger partial charge >= 0.3 is 0 Å². The second-order valence-corrected chi connectivity index (χ2v) is 4.29. The summed E-state index contributed by atoms with van der Waals surface area (Å²) in [5.41, 5.74) is 2.99. The van der Waals surface area contributed by atoms with E-state index >= 15 is 0 Å². The molecule has 1 aliphatic heterocycles. The first-order valence-electron chi connectivity index (χ1n) is 5.20. The lowest BCUT2D eigenvalue weighted by molar-refractivity contribution is 0.355. The van der Waals surface area contributed by atoms with Crippen LogP contribution in [0.15, 0.2) is 24.3 Å². The molecule has 2 heteroatoms. The highest BCUT2D eigenvalue weighted by molar-refractivity contribution is 5.32. The molecule has 1 atom stereocenters. The van der Waals surface area contributed by atoms with Crippen molar-refractivity contribution in [2.75, 3.05) is 27.2 Å². The number of hydrogen-bond donors (Lipinski definition) is 1. The van der Waals surface area contributed by atoms with Crippen molar-refractivity contribution in [3.05, 3.63) is 35.4 Å². The zero-order chi connectivity index (χ0) is 9.97. The molecule has 0 bridgehead atoms. The van der Waals surface area contributed by atoms with Crippen molar-refractivity contribution in [2.45, 2.75) is 12.5 Å². The minimum atomic E-state index is 0.648. The molecule has 0 spiro atoms. The van der Waals surface area contributed by atoms with Crippen LogP contribution in [0.3, 0.4) is 0 Å². The van der Waals surface area contributed by atoms with Gasteiger partial charge in [-0.25, -0.2) is 0 Å². The maximum Gasteiger partial charge on any atom is 0.0208 e. The summed E-state index contributed by atoms with van der Waals surface area (Å²) < 4.78 is 0. The quantitative estimate of drug-likeness (QED) is 0.759. The van der Waals surface area contributed by atoms with Crippen LogP contribution in [0.1, 0.15) is 17.0 Å². The molecule has 1 heterocycles. The second kappa shape index (κ2) is 4.11. The Labute approximate surface area is 85.9 Å². The van der Waals surface area contributed by atoms with Gasteiger partial charge in [0.2, 0.25) is 0 Å². The fraction of sp³-hybridized carbons (Fsp3) is 0.500. The Hall–Kier alpha value is -0.860. The molecular formula is C12H18N2. The van der Waals surface area contributed by atoms with Crippen molar-refractivity contribution in [1.82, 2.24) is 10.2 Å². The molecule has 0 fully saturated rings. The standard InChI is InChI=1S/C12H18N2/c1-14(2)9-11-8-13-7-10-5-3-4-6-12(10)11/h3-6,11,13H,7-9H2,1-2H3. The fourth-order valence-electron chi connectivity index (χ4n) is 2.19. The third-order valence-electron chi connectivity index (χ3n) is 2.79. The summed E-state index contributed by atoms with van der Waals surface area (Å²) in [6.45, 7) is 3.26. The van der Waals surface area contributed by atoms with Crippen LogP contribution in [0.4, 0.5) is 0 Å². The summed E-state index contributed by atoms with van der Waals surface area (Å²) in [6, 6.07) is 8.76. The van der Waals surface area contributed by atoms with Gasteiger partial charge in [0.25, 0.3) is 0 Å². The molecule has 0 radical (unpaired) electrons. The van der Waals surface area contributed by atoms with E-state index in [0.29, 0.717) is 5.92 Å². The molecule has 1 aliphatic rings. The van der Waals surface area contributed by atoms with Gasteiger partial charge in [-0.05, 0) is 25.2 Å². The third-order valence-corrected chi connectivity index (χ3v) is 2.79. The van der Waals surface area contributed by atoms with Gasteiger partial charge in [-0.15, -0.1) is 0 Å². The van der Waals surface area contributed by atoms with Crippen LogP contribution in [0, 0.1) is 0 Å². The summed E-state index contributed by atoms with van der Waals surface area (Å²) in [4.78, 5) is 2.26. The largest absolute Gasteiger partial charge is 0.312 e. The lowest BCUT2D eigenvalue weighted by Crippen LogP contribution is -2.33. The zero-order valence-electron chi connectivity index (χ0n) is 8.96. The lowest BCUT2D eigenvalue weighted by atomic mass is 9.90. The molecule has 0 saturated carbocycles. The monoisotopic (exact) mass is 190 g/mol. The molecule has 2 nitrogen and oxygen atoms in total. The topological polar surface area (TPSA) is 15.3 Å². The summed E-state index contributed by atoms with van der Waals surface area (Å²) in [5, 5.41) is 3.47. The minimum Gasteiger partial charge on any atom is -0.312 e. The van der Waals surface area contributed by atoms with Gasteiger partial charge in [0.15, 0.2) is 0 Å². The molecule has 14 heavy (non-hydrogen) atoms. The van der Waals surface area contributed by atoms with Gasteiger partial charge in [-0.1, -0.05) is 24.3 Å². The highest BCUT2D eigenvalue weighted by atomic mass is 15.1. The van der Waals surface area contributed by atoms with Crippen molar-refractivity contribution in [1.29, 1.82) is 0 Å². The number of fused-ring (bicyclic) bond motifs is 1. The summed E-state index contributed by atoms with van der Waals surface area (Å²) in [7, 11) is 4.27. The molecule has 1 aromatic rings. The number of nitrogens with one attached hydrogen (secondary N) is 1. The van der Waals surface area contributed by atoms with Gasteiger partial charge < -0.3 is 10.2 Å². The van der Waals surface area contributed by atoms with E-state index < -0.39 is 0 Å². The number of likely N-dealkylation sites (N-methyl/N-ethyl adjacent to an activating group) is 1. The van der Waals surface area contributed by atoms with Crippen LogP contribution in [-0.2, 0) is 6.54 Å². The predicted octanol–water partition coefficient (Wildman–Crippen LogP) is 1.43. The first kappa shape index (κ1) is 9.69. The summed E-state index contributed by atoms with van der Waals surface area (Å²) in [5.74, 6) is 0.648. The second-order valence-electron chi connectivity index (χ2n) is 4.29. The first-order chi connectivity index (χ1) is 6.77. The van der Waals surface area contributed by atoms with Crippen molar-refractivity contribution >= 4 is 0 Å². The average Bonchev–Trinajstić information content (AvgIpc) is 2.18. The minimum absolute atomic E-state index is 0.648. The van der Waals surface area contributed by atoms with E-state index in [2.05, 4.69) is 48.6 Å². The Morgan fingerprint density at radius 3 is 2.93 bits per heavy atom. The van der Waals surface area contributed by atoms with Gasteiger partial charge in [-0.2, -0.15) is 0 Å². The number of rotatable bonds is 2. The maximum atomic E-state index is 3.47. The predicted molar refractivity (Wildman–Crippen MR) is 59.4 cm³/mol. The number of nitrogens with zero attached hydrogens (tertiary/aromatic N) is 1. The van der Waals surface area contributed by atoms with Gasteiger partial charge in [-0.3, -0.25) is 0 Å². The van der Waals surface area contributed by atoms with Crippen molar-refractivity contribution < 1.29 is 0 Å². The molecule has 0 aliphatic carbocycles. The molecule has 0 saturated heterocycles. The molecule has 2 rings (SSSR count). The highest BCUT2D eigenvalue weighted by Crippen LogP contribution is 2.23. The summed E-state index contributed by atoms with van der Waals surface area (Å²) >= 11 is 0. The van der Waals surface area contributed by atoms with E-state index in [0.717, 1.165) is 19.6 Å². The van der Waals surface area contributed by atoms with Gasteiger partial charge in [0.1, 0.15) is 0 Å². The molecule has 76 valence electrons. The van der Waals surface area contributed by atoms with Gasteiger partial charge in [0.05, 0.1) is 0 Å². The molecule has 1 N–H and O–H groups in total. The van der Waals surface area contributed by atoms with Gasteiger partial charge in [0, 0.05) is 25.6 Å². The average molecular weight is 190 g/mol. The van der Waals surface area contributed by atoms with E-state index in [4.69, 9.17) is 0 Å². The van der Waals surface area contributed by atoms with E-state index in [9.17, 15) is 0 Å². The molecule has 1 aromatic carbocycles. The molecular weight excluding hydrogens is 172 g/mol. The van der Waals surface area contributed by atoms with Crippen molar-refractivity contribution in [3.8, 4) is 0 Å². The third kappa shape index (κ3) is 1.97. The Morgan fingerprint density at radius 1 is 1.36 bits per heavy atom. The highest BCUT2D eigenvalue weighted by Gasteiger charge is 2.19. The first-order valence-corrected chi connectivity index (χ1v) is 5.20. The van der Waals surface area contributed by atoms with E-state index in [-0.39, 0.29) is 0 Å². The molecule has 0 amide bonds. The van der Waals surface area contributed by atoms with Crippen LogP contribution in [0.5, 0.6) is 0 Å². The lowest BCUT2D eigenvalue weighted by Gasteiger charge is -2.28. The number of hydrogen-bond acceptors (Lipinski definition) is 2. The summed E-state index contributed by atoms with van der Waals surface area (Å²) in [6.07, 6.45) is 0. The molecule has 1 unspecified atom stereocenters. The van der Waals surface area contributed by atoms with E-state index in [1.807, 2.05) is 0 Å². The Morgan fingerprint density at radius 2 is 2.14 bits per heavy atom. The maximum absolute atomic E-state index is 3.47. The van der Waals surface area contributed by atoms with Crippen LogP contribution >= 0.6 is 0 Å². The smallest absolute Gasteiger partial charge is 0.0208 e. The normalized spacial score (nSPS) is 20.9. The molecule has 0 aromatic heterocycles. The number of benzene rings is 1. The van der Waals surface area contributed by atoms with Crippen LogP contribution < -0.4 is 5.32 Å². The van der Waals surface area contributed by atoms with E-state index in [1.54, 1.807) is 0 Å². The Bertz CT molecular complexity index is 307. The van der Waals surface area contributed by atoms with Crippen molar-refractivity contribution in [3.63, 3.8) is 0 Å². The fourth-order valence-corrected chi connectivity index (χ4v) is 2.19. The van der Waals surface area contributed by atoms with E-state index in [1.165, 1.54) is 11.1 Å². The Balaban J connectivity index is 2.22. The van der Waals surface area contributed by atoms with Crippen LogP contribution in [0.2, 0.25) is 0 Å². The van der Waals surface area contributed by atoms with Crippen LogP contribution in [-0.4, -0.2) is 32.1 Å². The zero-order valence-corrected chi connectivity index (χ0v) is 8.96.